The third kappa shape index (κ3) is 4.52. The van der Waals surface area contributed by atoms with Crippen molar-refractivity contribution in [1.29, 1.82) is 0 Å². The third-order valence-electron chi connectivity index (χ3n) is 4.31. The molecule has 138 valence electrons. The molecule has 0 bridgehead atoms. The minimum atomic E-state index is -0.286. The van der Waals surface area contributed by atoms with Gasteiger partial charge < -0.3 is 20.1 Å². The molecule has 0 radical (unpaired) electrons. The van der Waals surface area contributed by atoms with Gasteiger partial charge in [-0.1, -0.05) is 37.2 Å². The molecule has 0 unspecified atom stereocenters. The first-order valence-corrected chi connectivity index (χ1v) is 9.03. The summed E-state index contributed by atoms with van der Waals surface area (Å²) in [6.45, 7) is 6.29. The van der Waals surface area contributed by atoms with Gasteiger partial charge in [0.15, 0.2) is 0 Å². The molecule has 3 rings (SSSR count). The minimum absolute atomic E-state index is 0.286. The first-order valence-electron chi connectivity index (χ1n) is 9.03. The number of hydrogen-bond donors (Lipinski definition) is 2. The highest BCUT2D eigenvalue weighted by atomic mass is 16.5. The smallest absolute Gasteiger partial charge is 0.219 e. The predicted molar refractivity (Wildman–Crippen MR) is 101 cm³/mol. The number of nitrogens with one attached hydrogen (secondary N) is 1. The van der Waals surface area contributed by atoms with Crippen LogP contribution < -0.4 is 11.1 Å². The maximum Gasteiger partial charge on any atom is 0.219 e. The lowest BCUT2D eigenvalue weighted by molar-refractivity contribution is -0.118. The number of carbonyl (C=O) groups excluding carboxylic acids is 1. The average molecular weight is 354 g/mol. The van der Waals surface area contributed by atoms with E-state index in [9.17, 15) is 4.79 Å². The largest absolute Gasteiger partial charge is 0.370 e. The van der Waals surface area contributed by atoms with E-state index in [0.29, 0.717) is 25.4 Å². The summed E-state index contributed by atoms with van der Waals surface area (Å²) in [5, 5.41) is 8.74. The number of hydrogen-bond acceptors (Lipinski definition) is 4. The van der Waals surface area contributed by atoms with E-state index in [0.717, 1.165) is 29.9 Å². The van der Waals surface area contributed by atoms with Gasteiger partial charge in [0, 0.05) is 55.6 Å². The van der Waals surface area contributed by atoms with Crippen molar-refractivity contribution in [2.24, 2.45) is 11.7 Å². The van der Waals surface area contributed by atoms with Gasteiger partial charge in [-0.05, 0) is 17.5 Å². The number of carbonyl (C=O) groups is 1. The van der Waals surface area contributed by atoms with Crippen molar-refractivity contribution in [3.63, 3.8) is 0 Å². The zero-order valence-electron chi connectivity index (χ0n) is 15.4. The second-order valence-corrected chi connectivity index (χ2v) is 7.07. The van der Waals surface area contributed by atoms with Crippen LogP contribution in [0.4, 0.5) is 0 Å². The molecule has 0 atom stereocenters. The van der Waals surface area contributed by atoms with E-state index in [1.54, 1.807) is 0 Å². The maximum atomic E-state index is 11.1. The molecule has 6 nitrogen and oxygen atoms in total. The molecular formula is C20H26N4O2. The molecule has 6 heteroatoms. The van der Waals surface area contributed by atoms with Crippen LogP contribution in [0.25, 0.3) is 10.9 Å². The summed E-state index contributed by atoms with van der Waals surface area (Å²) in [7, 11) is 0. The van der Waals surface area contributed by atoms with Crippen LogP contribution in [0.15, 0.2) is 41.1 Å². The molecule has 0 spiro atoms. The van der Waals surface area contributed by atoms with E-state index >= 15 is 0 Å². The second-order valence-electron chi connectivity index (χ2n) is 7.07. The highest BCUT2D eigenvalue weighted by Crippen LogP contribution is 2.21. The van der Waals surface area contributed by atoms with E-state index in [1.165, 1.54) is 10.9 Å². The minimum Gasteiger partial charge on any atom is -0.370 e. The standard InChI is InChI=1S/C20H26N4O2/c1-14(2)9-17-10-16(23-26-17)12-22-11-15-13-24(8-7-20(21)25)19-6-4-3-5-18(15)19/h3-6,10,13-14,22H,7-9,11-12H2,1-2H3,(H2,21,25). The van der Waals surface area contributed by atoms with Gasteiger partial charge in [-0.25, -0.2) is 0 Å². The summed E-state index contributed by atoms with van der Waals surface area (Å²) in [6.07, 6.45) is 3.33. The molecule has 3 N–H and O–H groups in total. The Bertz CT molecular complexity index is 879. The van der Waals surface area contributed by atoms with Crippen molar-refractivity contribution in [1.82, 2.24) is 15.0 Å². The summed E-state index contributed by atoms with van der Waals surface area (Å²) >= 11 is 0. The summed E-state index contributed by atoms with van der Waals surface area (Å²) in [4.78, 5) is 11.1. The number of nitrogens with zero attached hydrogens (tertiary/aromatic N) is 2. The van der Waals surface area contributed by atoms with Crippen LogP contribution >= 0.6 is 0 Å². The number of rotatable bonds is 9. The molecule has 1 aromatic carbocycles. The first-order chi connectivity index (χ1) is 12.5. The molecule has 0 saturated carbocycles. The Morgan fingerprint density at radius 1 is 1.31 bits per heavy atom. The monoisotopic (exact) mass is 354 g/mol. The van der Waals surface area contributed by atoms with Crippen LogP contribution in [0, 0.1) is 5.92 Å². The normalized spacial score (nSPS) is 11.5. The van der Waals surface area contributed by atoms with Crippen molar-refractivity contribution in [2.75, 3.05) is 0 Å². The molecule has 26 heavy (non-hydrogen) atoms. The highest BCUT2D eigenvalue weighted by molar-refractivity contribution is 5.84. The van der Waals surface area contributed by atoms with Gasteiger partial charge in [-0.15, -0.1) is 0 Å². The fourth-order valence-corrected chi connectivity index (χ4v) is 3.14. The quantitative estimate of drug-likeness (QED) is 0.618. The van der Waals surface area contributed by atoms with Gasteiger partial charge in [-0.3, -0.25) is 4.79 Å². The van der Waals surface area contributed by atoms with Crippen molar-refractivity contribution in [2.45, 2.75) is 46.3 Å². The average Bonchev–Trinajstić information content (AvgIpc) is 3.17. The number of primary amides is 1. The molecule has 2 heterocycles. The van der Waals surface area contributed by atoms with Gasteiger partial charge in [-0.2, -0.15) is 0 Å². The summed E-state index contributed by atoms with van der Waals surface area (Å²) in [5.74, 6) is 1.20. The van der Waals surface area contributed by atoms with Crippen molar-refractivity contribution in [3.8, 4) is 0 Å². The first kappa shape index (κ1) is 18.2. The molecule has 0 saturated heterocycles. The van der Waals surface area contributed by atoms with E-state index in [2.05, 4.69) is 47.2 Å². The van der Waals surface area contributed by atoms with E-state index in [-0.39, 0.29) is 5.91 Å². The Labute approximate surface area is 153 Å². The molecular weight excluding hydrogens is 328 g/mol. The second kappa shape index (κ2) is 8.19. The van der Waals surface area contributed by atoms with Crippen molar-refractivity contribution in [3.05, 3.63) is 53.5 Å². The zero-order valence-corrected chi connectivity index (χ0v) is 15.4. The Morgan fingerprint density at radius 2 is 2.12 bits per heavy atom. The number of aromatic nitrogens is 2. The van der Waals surface area contributed by atoms with Crippen LogP contribution in [0.3, 0.4) is 0 Å². The Morgan fingerprint density at radius 3 is 2.88 bits per heavy atom. The Hall–Kier alpha value is -2.60. The lowest BCUT2D eigenvalue weighted by atomic mass is 10.1. The molecule has 1 amide bonds. The molecule has 2 aromatic heterocycles. The third-order valence-corrected chi connectivity index (χ3v) is 4.31. The maximum absolute atomic E-state index is 11.1. The number of nitrogens with two attached hydrogens (primary N) is 1. The van der Waals surface area contributed by atoms with Crippen LogP contribution in [0.1, 0.15) is 37.3 Å². The summed E-state index contributed by atoms with van der Waals surface area (Å²) < 4.78 is 7.46. The van der Waals surface area contributed by atoms with Crippen molar-refractivity contribution < 1.29 is 9.32 Å². The highest BCUT2D eigenvalue weighted by Gasteiger charge is 2.10. The van der Waals surface area contributed by atoms with Gasteiger partial charge in [0.1, 0.15) is 5.76 Å². The van der Waals surface area contributed by atoms with Gasteiger partial charge >= 0.3 is 0 Å². The fraction of sp³-hybridized carbons (Fsp3) is 0.400. The Balaban J connectivity index is 1.65. The zero-order chi connectivity index (χ0) is 18.5. The molecule has 3 aromatic rings. The van der Waals surface area contributed by atoms with Crippen LogP contribution in [0.5, 0.6) is 0 Å². The van der Waals surface area contributed by atoms with Gasteiger partial charge in [0.2, 0.25) is 5.91 Å². The number of benzene rings is 1. The SMILES string of the molecule is CC(C)Cc1cc(CNCc2cn(CCC(N)=O)c3ccccc23)no1. The van der Waals surface area contributed by atoms with Gasteiger partial charge in [0.25, 0.3) is 0 Å². The number of para-hydroxylation sites is 1. The lowest BCUT2D eigenvalue weighted by Gasteiger charge is -2.02. The fourth-order valence-electron chi connectivity index (χ4n) is 3.14. The summed E-state index contributed by atoms with van der Waals surface area (Å²) in [6, 6.07) is 10.2. The number of aryl methyl sites for hydroxylation is 1. The number of fused-ring (bicyclic) bond motifs is 1. The van der Waals surface area contributed by atoms with E-state index < -0.39 is 0 Å². The van der Waals surface area contributed by atoms with Gasteiger partial charge in [0.05, 0.1) is 5.69 Å². The molecule has 0 aliphatic rings. The predicted octanol–water partition coefficient (Wildman–Crippen LogP) is 2.99. The van der Waals surface area contributed by atoms with Crippen molar-refractivity contribution >= 4 is 16.8 Å². The van der Waals surface area contributed by atoms with E-state index in [1.807, 2.05) is 18.2 Å². The molecule has 0 fully saturated rings. The lowest BCUT2D eigenvalue weighted by Crippen LogP contribution is -2.14. The van der Waals surface area contributed by atoms with Crippen LogP contribution in [0.2, 0.25) is 0 Å². The Kier molecular flexibility index (Phi) is 5.73. The molecule has 0 aliphatic carbocycles. The topological polar surface area (TPSA) is 86.1 Å². The molecule has 0 aliphatic heterocycles. The van der Waals surface area contributed by atoms with Crippen LogP contribution in [-0.2, 0) is 30.8 Å². The van der Waals surface area contributed by atoms with Crippen LogP contribution in [-0.4, -0.2) is 15.6 Å². The van der Waals surface area contributed by atoms with E-state index in [4.69, 9.17) is 10.3 Å². The number of amides is 1. The summed E-state index contributed by atoms with van der Waals surface area (Å²) in [5.41, 5.74) is 8.51.